The van der Waals surface area contributed by atoms with E-state index in [2.05, 4.69) is 5.32 Å². The lowest BCUT2D eigenvalue weighted by molar-refractivity contribution is -0.182. The zero-order valence-electron chi connectivity index (χ0n) is 12.4. The summed E-state index contributed by atoms with van der Waals surface area (Å²) in [7, 11) is 0. The zero-order chi connectivity index (χ0) is 15.6. The molecule has 5 heteroatoms. The van der Waals surface area contributed by atoms with Crippen LogP contribution in [0.5, 0.6) is 5.75 Å². The van der Waals surface area contributed by atoms with Gasteiger partial charge < -0.3 is 10.4 Å². The van der Waals surface area contributed by atoms with E-state index in [1.54, 1.807) is 0 Å². The van der Waals surface area contributed by atoms with Gasteiger partial charge in [-0.25, -0.2) is 0 Å². The Morgan fingerprint density at radius 1 is 1.10 bits per heavy atom. The first-order valence-corrected chi connectivity index (χ1v) is 7.36. The molecular formula is C16H22F3NO. The maximum Gasteiger partial charge on any atom is 0.391 e. The second-order valence-corrected chi connectivity index (χ2v) is 6.05. The van der Waals surface area contributed by atoms with Crippen molar-refractivity contribution in [2.75, 3.05) is 0 Å². The van der Waals surface area contributed by atoms with Crippen LogP contribution in [0.2, 0.25) is 0 Å². The molecule has 1 aliphatic carbocycles. The van der Waals surface area contributed by atoms with Gasteiger partial charge in [0, 0.05) is 12.6 Å². The van der Waals surface area contributed by atoms with E-state index in [0.29, 0.717) is 25.1 Å². The molecule has 0 aliphatic heterocycles. The third-order valence-electron chi connectivity index (χ3n) is 4.34. The third-order valence-corrected chi connectivity index (χ3v) is 4.34. The zero-order valence-corrected chi connectivity index (χ0v) is 12.4. The van der Waals surface area contributed by atoms with Crippen LogP contribution in [-0.2, 0) is 6.54 Å². The molecule has 1 aromatic rings. The second kappa shape index (κ2) is 6.26. The molecule has 21 heavy (non-hydrogen) atoms. The van der Waals surface area contributed by atoms with Crippen molar-refractivity contribution >= 4 is 0 Å². The lowest BCUT2D eigenvalue weighted by Crippen LogP contribution is -2.36. The number of hydrogen-bond acceptors (Lipinski definition) is 2. The van der Waals surface area contributed by atoms with E-state index >= 15 is 0 Å². The summed E-state index contributed by atoms with van der Waals surface area (Å²) in [6.07, 6.45) is -2.47. The van der Waals surface area contributed by atoms with Crippen molar-refractivity contribution in [1.82, 2.24) is 5.32 Å². The number of aryl methyl sites for hydroxylation is 2. The van der Waals surface area contributed by atoms with Crippen molar-refractivity contribution in [3.63, 3.8) is 0 Å². The molecule has 0 amide bonds. The second-order valence-electron chi connectivity index (χ2n) is 6.05. The van der Waals surface area contributed by atoms with Gasteiger partial charge in [-0.2, -0.15) is 13.2 Å². The van der Waals surface area contributed by atoms with Gasteiger partial charge in [0.05, 0.1) is 5.92 Å². The molecule has 0 unspecified atom stereocenters. The normalized spacial score (nSPS) is 23.3. The molecule has 2 N–H and O–H groups in total. The Hall–Kier alpha value is -1.23. The third kappa shape index (κ3) is 4.13. The first-order chi connectivity index (χ1) is 9.77. The minimum Gasteiger partial charge on any atom is -0.507 e. The summed E-state index contributed by atoms with van der Waals surface area (Å²) in [6.45, 7) is 4.32. The topological polar surface area (TPSA) is 32.3 Å². The Balaban J connectivity index is 1.85. The lowest BCUT2D eigenvalue weighted by Gasteiger charge is -2.30. The van der Waals surface area contributed by atoms with Gasteiger partial charge in [-0.15, -0.1) is 0 Å². The highest BCUT2D eigenvalue weighted by Gasteiger charge is 2.41. The molecule has 0 saturated heterocycles. The maximum absolute atomic E-state index is 12.6. The molecule has 1 aromatic carbocycles. The van der Waals surface area contributed by atoms with Gasteiger partial charge in [-0.1, -0.05) is 12.1 Å². The van der Waals surface area contributed by atoms with Gasteiger partial charge in [-0.05, 0) is 56.2 Å². The van der Waals surface area contributed by atoms with Crippen LogP contribution in [0, 0.1) is 19.8 Å². The van der Waals surface area contributed by atoms with Gasteiger partial charge >= 0.3 is 6.18 Å². The molecule has 0 heterocycles. The highest BCUT2D eigenvalue weighted by atomic mass is 19.4. The Labute approximate surface area is 123 Å². The number of benzene rings is 1. The average Bonchev–Trinajstić information content (AvgIpc) is 2.42. The highest BCUT2D eigenvalue weighted by Crippen LogP contribution is 2.37. The van der Waals surface area contributed by atoms with E-state index in [4.69, 9.17) is 0 Å². The summed E-state index contributed by atoms with van der Waals surface area (Å²) in [6, 6.07) is 3.98. The number of phenols is 1. The number of phenolic OH excluding ortho intramolecular Hbond substituents is 1. The summed E-state index contributed by atoms with van der Waals surface area (Å²) in [5, 5.41) is 13.1. The molecule has 118 valence electrons. The van der Waals surface area contributed by atoms with E-state index in [1.165, 1.54) is 0 Å². The monoisotopic (exact) mass is 301 g/mol. The number of rotatable bonds is 3. The van der Waals surface area contributed by atoms with Crippen molar-refractivity contribution in [3.8, 4) is 5.75 Å². The van der Waals surface area contributed by atoms with E-state index in [9.17, 15) is 18.3 Å². The highest BCUT2D eigenvalue weighted by molar-refractivity contribution is 5.42. The van der Waals surface area contributed by atoms with Gasteiger partial charge in [-0.3, -0.25) is 0 Å². The van der Waals surface area contributed by atoms with E-state index in [0.717, 1.165) is 16.7 Å². The van der Waals surface area contributed by atoms with Crippen LogP contribution in [0.25, 0.3) is 0 Å². The van der Waals surface area contributed by atoms with Crippen LogP contribution in [0.4, 0.5) is 13.2 Å². The van der Waals surface area contributed by atoms with Crippen molar-refractivity contribution in [3.05, 3.63) is 28.8 Å². The number of nitrogens with one attached hydrogen (secondary N) is 1. The lowest BCUT2D eigenvalue weighted by atomic mass is 9.85. The summed E-state index contributed by atoms with van der Waals surface area (Å²) in [5.41, 5.74) is 2.71. The number of aromatic hydroxyl groups is 1. The fourth-order valence-electron chi connectivity index (χ4n) is 3.03. The average molecular weight is 301 g/mol. The quantitative estimate of drug-likeness (QED) is 0.876. The van der Waals surface area contributed by atoms with Gasteiger partial charge in [0.15, 0.2) is 0 Å². The minimum absolute atomic E-state index is 0.151. The van der Waals surface area contributed by atoms with Crippen LogP contribution in [0.1, 0.15) is 42.4 Å². The molecule has 1 saturated carbocycles. The largest absolute Gasteiger partial charge is 0.507 e. The number of halogens is 3. The smallest absolute Gasteiger partial charge is 0.391 e. The Bertz CT molecular complexity index is 468. The molecule has 0 radical (unpaired) electrons. The molecule has 2 nitrogen and oxygen atoms in total. The maximum atomic E-state index is 12.6. The van der Waals surface area contributed by atoms with Crippen molar-refractivity contribution in [2.45, 2.75) is 58.3 Å². The van der Waals surface area contributed by atoms with Crippen LogP contribution in [0.15, 0.2) is 12.1 Å². The van der Waals surface area contributed by atoms with Crippen LogP contribution >= 0.6 is 0 Å². The Morgan fingerprint density at radius 3 is 2.10 bits per heavy atom. The first kappa shape index (κ1) is 16.1. The Morgan fingerprint density at radius 2 is 1.62 bits per heavy atom. The summed E-state index contributed by atoms with van der Waals surface area (Å²) < 4.78 is 37.8. The molecular weight excluding hydrogens is 279 g/mol. The summed E-state index contributed by atoms with van der Waals surface area (Å²) in [5.74, 6) is -0.821. The van der Waals surface area contributed by atoms with Crippen molar-refractivity contribution < 1.29 is 18.3 Å². The molecule has 0 bridgehead atoms. The molecule has 2 rings (SSSR count). The van der Waals surface area contributed by atoms with Gasteiger partial charge in [0.1, 0.15) is 5.75 Å². The molecule has 1 fully saturated rings. The predicted molar refractivity (Wildman–Crippen MR) is 76.2 cm³/mol. The van der Waals surface area contributed by atoms with Crippen molar-refractivity contribution in [2.24, 2.45) is 5.92 Å². The minimum atomic E-state index is -4.05. The van der Waals surface area contributed by atoms with Gasteiger partial charge in [0.25, 0.3) is 0 Å². The number of alkyl halides is 3. The summed E-state index contributed by atoms with van der Waals surface area (Å²) >= 11 is 0. The molecule has 0 spiro atoms. The van der Waals surface area contributed by atoms with E-state index < -0.39 is 12.1 Å². The standard InChI is InChI=1S/C16H22F3NO/c1-10-7-12(8-11(2)15(10)21)9-20-14-5-3-13(4-6-14)16(17,18)19/h7-8,13-14,20-21H,3-6,9H2,1-2H3. The van der Waals surface area contributed by atoms with E-state index in [1.807, 2.05) is 26.0 Å². The molecule has 1 aliphatic rings. The van der Waals surface area contributed by atoms with Crippen molar-refractivity contribution in [1.29, 1.82) is 0 Å². The predicted octanol–water partition coefficient (Wildman–Crippen LogP) is 4.22. The van der Waals surface area contributed by atoms with E-state index in [-0.39, 0.29) is 18.9 Å². The van der Waals surface area contributed by atoms with Crippen LogP contribution < -0.4 is 5.32 Å². The fraction of sp³-hybridized carbons (Fsp3) is 0.625. The van der Waals surface area contributed by atoms with Crippen LogP contribution in [0.3, 0.4) is 0 Å². The van der Waals surface area contributed by atoms with Crippen LogP contribution in [-0.4, -0.2) is 17.3 Å². The molecule has 0 atom stereocenters. The summed E-state index contributed by atoms with van der Waals surface area (Å²) in [4.78, 5) is 0. The van der Waals surface area contributed by atoms with Gasteiger partial charge in [0.2, 0.25) is 0 Å². The molecule has 0 aromatic heterocycles. The SMILES string of the molecule is Cc1cc(CNC2CCC(C(F)(F)F)CC2)cc(C)c1O. The fourth-order valence-corrected chi connectivity index (χ4v) is 3.03. The number of hydrogen-bond donors (Lipinski definition) is 2. The first-order valence-electron chi connectivity index (χ1n) is 7.36. The Kier molecular flexibility index (Phi) is 4.81.